The van der Waals surface area contributed by atoms with Crippen molar-refractivity contribution in [2.45, 2.75) is 6.54 Å². The van der Waals surface area contributed by atoms with Crippen LogP contribution >= 0.6 is 0 Å². The molecule has 0 atom stereocenters. The lowest BCUT2D eigenvalue weighted by Gasteiger charge is -2.19. The van der Waals surface area contributed by atoms with Crippen molar-refractivity contribution in [3.05, 3.63) is 53.8 Å². The third-order valence-corrected chi connectivity index (χ3v) is 3.61. The van der Waals surface area contributed by atoms with Gasteiger partial charge < -0.3 is 20.1 Å². The minimum absolute atomic E-state index is 0.122. The van der Waals surface area contributed by atoms with Gasteiger partial charge >= 0.3 is 6.03 Å². The van der Waals surface area contributed by atoms with Gasteiger partial charge in [-0.2, -0.15) is 0 Å². The van der Waals surface area contributed by atoms with E-state index in [-0.39, 0.29) is 18.9 Å². The van der Waals surface area contributed by atoms with Crippen molar-refractivity contribution >= 4 is 17.6 Å². The smallest absolute Gasteiger partial charge is 0.325 e. The van der Waals surface area contributed by atoms with Gasteiger partial charge in [-0.05, 0) is 18.2 Å². The molecule has 8 heteroatoms. The van der Waals surface area contributed by atoms with Gasteiger partial charge in [-0.25, -0.2) is 9.18 Å². The molecule has 2 aromatic rings. The summed E-state index contributed by atoms with van der Waals surface area (Å²) in [6.45, 7) is 0.982. The quantitative estimate of drug-likeness (QED) is 0.760. The van der Waals surface area contributed by atoms with Gasteiger partial charge in [0.1, 0.15) is 19.0 Å². The maximum absolute atomic E-state index is 13.5. The maximum Gasteiger partial charge on any atom is 0.325 e. The van der Waals surface area contributed by atoms with Crippen LogP contribution in [0, 0.1) is 5.82 Å². The van der Waals surface area contributed by atoms with Gasteiger partial charge in [-0.1, -0.05) is 18.2 Å². The summed E-state index contributed by atoms with van der Waals surface area (Å²) in [4.78, 5) is 23.7. The molecule has 0 aliphatic carbocycles. The number of imide groups is 1. The lowest BCUT2D eigenvalue weighted by atomic mass is 10.2. The van der Waals surface area contributed by atoms with Gasteiger partial charge in [0, 0.05) is 23.9 Å². The van der Waals surface area contributed by atoms with Gasteiger partial charge in [0.05, 0.1) is 6.54 Å². The van der Waals surface area contributed by atoms with Gasteiger partial charge in [0.2, 0.25) is 5.91 Å². The summed E-state index contributed by atoms with van der Waals surface area (Å²) in [7, 11) is 0. The number of carbonyl (C=O) groups excluding carboxylic acids is 2. The second kappa shape index (κ2) is 8.30. The van der Waals surface area contributed by atoms with Crippen LogP contribution in [0.15, 0.2) is 42.5 Å². The number of amides is 3. The van der Waals surface area contributed by atoms with E-state index >= 15 is 0 Å². The number of ether oxygens (including phenoxy) is 2. The second-order valence-electron chi connectivity index (χ2n) is 5.56. The monoisotopic (exact) mass is 359 g/mol. The Labute approximate surface area is 149 Å². The number of halogens is 1. The van der Waals surface area contributed by atoms with Crippen molar-refractivity contribution in [1.29, 1.82) is 0 Å². The van der Waals surface area contributed by atoms with Gasteiger partial charge in [0.25, 0.3) is 0 Å². The third-order valence-electron chi connectivity index (χ3n) is 3.61. The Morgan fingerprint density at radius 3 is 2.62 bits per heavy atom. The predicted octanol–water partition coefficient (Wildman–Crippen LogP) is 2.03. The molecule has 3 amide bonds. The average Bonchev–Trinajstić information content (AvgIpc) is 2.63. The van der Waals surface area contributed by atoms with E-state index in [4.69, 9.17) is 9.47 Å². The molecule has 0 bridgehead atoms. The number of anilines is 1. The molecular weight excluding hydrogens is 341 g/mol. The zero-order valence-corrected chi connectivity index (χ0v) is 13.9. The van der Waals surface area contributed by atoms with Crippen LogP contribution in [0.5, 0.6) is 11.5 Å². The molecule has 0 spiro atoms. The first-order valence-electron chi connectivity index (χ1n) is 8.06. The van der Waals surface area contributed by atoms with Gasteiger partial charge in [-0.3, -0.25) is 10.1 Å². The molecular formula is C18H18FN3O4. The van der Waals surface area contributed by atoms with Crippen LogP contribution in [0.25, 0.3) is 0 Å². The lowest BCUT2D eigenvalue weighted by molar-refractivity contribution is -0.119. The van der Waals surface area contributed by atoms with Crippen molar-refractivity contribution in [2.24, 2.45) is 0 Å². The Morgan fingerprint density at radius 2 is 1.81 bits per heavy atom. The van der Waals surface area contributed by atoms with Crippen molar-refractivity contribution < 1.29 is 23.5 Å². The van der Waals surface area contributed by atoms with Crippen LogP contribution in [0.3, 0.4) is 0 Å². The molecule has 0 saturated heterocycles. The summed E-state index contributed by atoms with van der Waals surface area (Å²) in [5.41, 5.74) is 0.917. The molecule has 136 valence electrons. The highest BCUT2D eigenvalue weighted by atomic mass is 19.1. The fraction of sp³-hybridized carbons (Fsp3) is 0.222. The molecule has 2 aromatic carbocycles. The summed E-state index contributed by atoms with van der Waals surface area (Å²) in [5.74, 6) is 0.260. The van der Waals surface area contributed by atoms with E-state index in [0.29, 0.717) is 36.0 Å². The van der Waals surface area contributed by atoms with E-state index in [2.05, 4.69) is 16.0 Å². The Balaban J connectivity index is 1.44. The zero-order chi connectivity index (χ0) is 18.4. The average molecular weight is 359 g/mol. The third kappa shape index (κ3) is 4.70. The fourth-order valence-electron chi connectivity index (χ4n) is 2.41. The van der Waals surface area contributed by atoms with Crippen molar-refractivity contribution in [3.8, 4) is 11.5 Å². The first-order valence-corrected chi connectivity index (χ1v) is 8.06. The highest BCUT2D eigenvalue weighted by molar-refractivity contribution is 6.01. The molecule has 26 heavy (non-hydrogen) atoms. The Hall–Kier alpha value is -3.13. The predicted molar refractivity (Wildman–Crippen MR) is 92.7 cm³/mol. The summed E-state index contributed by atoms with van der Waals surface area (Å²) in [6, 6.07) is 10.5. The number of hydrogen-bond donors (Lipinski definition) is 3. The minimum Gasteiger partial charge on any atom is -0.486 e. The van der Waals surface area contributed by atoms with Crippen LogP contribution < -0.4 is 25.4 Å². The molecule has 0 saturated carbocycles. The largest absolute Gasteiger partial charge is 0.486 e. The molecule has 0 aromatic heterocycles. The van der Waals surface area contributed by atoms with Crippen molar-refractivity contribution in [3.63, 3.8) is 0 Å². The van der Waals surface area contributed by atoms with Crippen molar-refractivity contribution in [2.75, 3.05) is 25.1 Å². The minimum atomic E-state index is -0.667. The molecule has 1 aliphatic rings. The Bertz CT molecular complexity index is 813. The zero-order valence-electron chi connectivity index (χ0n) is 13.9. The summed E-state index contributed by atoms with van der Waals surface area (Å²) >= 11 is 0. The maximum atomic E-state index is 13.5. The molecule has 0 fully saturated rings. The number of urea groups is 1. The fourth-order valence-corrected chi connectivity index (χ4v) is 2.41. The van der Waals surface area contributed by atoms with E-state index in [1.54, 1.807) is 36.4 Å². The van der Waals surface area contributed by atoms with Gasteiger partial charge in [0.15, 0.2) is 11.5 Å². The standard InChI is InChI=1S/C18H18FN3O4/c19-14-4-2-1-3-12(14)10-20-11-17(23)22-18(24)21-13-5-6-15-16(9-13)26-8-7-25-15/h1-6,9,20H,7-8,10-11H2,(H2,21,22,23,24). The Kier molecular flexibility index (Phi) is 5.65. The molecule has 3 N–H and O–H groups in total. The topological polar surface area (TPSA) is 88.7 Å². The first-order chi connectivity index (χ1) is 12.6. The van der Waals surface area contributed by atoms with Crippen LogP contribution in [0.1, 0.15) is 5.56 Å². The molecule has 3 rings (SSSR count). The summed E-state index contributed by atoms with van der Waals surface area (Å²) in [6.07, 6.45) is 0. The van der Waals surface area contributed by atoms with Crippen LogP contribution in [-0.4, -0.2) is 31.7 Å². The molecule has 1 aliphatic heterocycles. The number of rotatable bonds is 5. The van der Waals surface area contributed by atoms with E-state index < -0.39 is 11.9 Å². The van der Waals surface area contributed by atoms with E-state index in [9.17, 15) is 14.0 Å². The summed E-state index contributed by atoms with van der Waals surface area (Å²) in [5, 5.41) is 7.52. The summed E-state index contributed by atoms with van der Waals surface area (Å²) < 4.78 is 24.3. The van der Waals surface area contributed by atoms with Gasteiger partial charge in [-0.15, -0.1) is 0 Å². The normalized spacial score (nSPS) is 12.3. The number of carbonyl (C=O) groups is 2. The molecule has 1 heterocycles. The molecule has 0 unspecified atom stereocenters. The number of benzene rings is 2. The van der Waals surface area contributed by atoms with Crippen LogP contribution in [0.4, 0.5) is 14.9 Å². The lowest BCUT2D eigenvalue weighted by Crippen LogP contribution is -2.40. The van der Waals surface area contributed by atoms with E-state index in [1.165, 1.54) is 6.07 Å². The number of fused-ring (bicyclic) bond motifs is 1. The SMILES string of the molecule is O=C(CNCc1ccccc1F)NC(=O)Nc1ccc2c(c1)OCCO2. The number of hydrogen-bond acceptors (Lipinski definition) is 5. The highest BCUT2D eigenvalue weighted by Crippen LogP contribution is 2.32. The Morgan fingerprint density at radius 1 is 1.04 bits per heavy atom. The second-order valence-corrected chi connectivity index (χ2v) is 5.56. The first kappa shape index (κ1) is 17.7. The van der Waals surface area contributed by atoms with E-state index in [0.717, 1.165) is 0 Å². The van der Waals surface area contributed by atoms with Crippen LogP contribution in [-0.2, 0) is 11.3 Å². The number of nitrogens with one attached hydrogen (secondary N) is 3. The molecule has 0 radical (unpaired) electrons. The van der Waals surface area contributed by atoms with E-state index in [1.807, 2.05) is 0 Å². The highest BCUT2D eigenvalue weighted by Gasteiger charge is 2.13. The van der Waals surface area contributed by atoms with Crippen molar-refractivity contribution in [1.82, 2.24) is 10.6 Å². The van der Waals surface area contributed by atoms with Crippen LogP contribution in [0.2, 0.25) is 0 Å². The molecule has 7 nitrogen and oxygen atoms in total.